The van der Waals surface area contributed by atoms with E-state index < -0.39 is 0 Å². The molecule has 1 aliphatic heterocycles. The molecule has 1 heterocycles. The molecule has 0 bridgehead atoms. The molecule has 0 saturated heterocycles. The average Bonchev–Trinajstić information content (AvgIpc) is 3.59. The lowest BCUT2D eigenvalue weighted by Gasteiger charge is -2.54. The Hall–Kier alpha value is -1.26. The summed E-state index contributed by atoms with van der Waals surface area (Å²) in [6.07, 6.45) is 18.4. The summed E-state index contributed by atoms with van der Waals surface area (Å²) in [5, 5.41) is 3.20. The summed E-state index contributed by atoms with van der Waals surface area (Å²) in [7, 11) is 4.10. The van der Waals surface area contributed by atoms with Crippen molar-refractivity contribution >= 4 is 11.9 Å². The van der Waals surface area contributed by atoms with Crippen LogP contribution in [-0.4, -0.2) is 36.6 Å². The fourth-order valence-corrected chi connectivity index (χ4v) is 12.9. The van der Waals surface area contributed by atoms with E-state index in [2.05, 4.69) is 37.9 Å². The molecule has 6 saturated carbocycles. The molecule has 0 amide bonds. The van der Waals surface area contributed by atoms with Crippen molar-refractivity contribution in [3.63, 3.8) is 0 Å². The van der Waals surface area contributed by atoms with Gasteiger partial charge in [-0.3, -0.25) is 5.32 Å². The van der Waals surface area contributed by atoms with Gasteiger partial charge in [0.05, 0.1) is 0 Å². The maximum atomic E-state index is 6.29. The first kappa shape index (κ1) is 24.8. The Balaban J connectivity index is 1.11. The molecule has 37 heavy (non-hydrogen) atoms. The van der Waals surface area contributed by atoms with Crippen LogP contribution in [0.3, 0.4) is 0 Å². The van der Waals surface area contributed by atoms with E-state index in [0.717, 1.165) is 54.3 Å². The summed E-state index contributed by atoms with van der Waals surface area (Å²) in [6, 6.07) is 0. The molecule has 7 rings (SSSR count). The number of hydrogen-bond donors (Lipinski definition) is 2. The summed E-state index contributed by atoms with van der Waals surface area (Å²) >= 11 is 0. The van der Waals surface area contributed by atoms with E-state index in [9.17, 15) is 0 Å². The van der Waals surface area contributed by atoms with Gasteiger partial charge in [-0.25, -0.2) is 9.98 Å². The molecule has 4 spiro atoms. The molecule has 5 heteroatoms. The predicted octanol–water partition coefficient (Wildman–Crippen LogP) is 6.39. The standard InChI is InChI=1S/C32H53N5/c1-20(2)8-7-9-21(3)31-13-12-25-24-11-10-23-18-30(35-26(33)34-27(36-30)37(5)6)16-14-28(23)19-29(24,28)15-17-32(25,31)22(31)4/h20-25H,7-19H2,1-6H3,(H3,33,34,35,36)/t21?,22?,23?,24?,25?,28-,29?,30?,31?,32-/m1/s1. The second-order valence-corrected chi connectivity index (χ2v) is 15.7. The summed E-state index contributed by atoms with van der Waals surface area (Å²) < 4.78 is 0. The Morgan fingerprint density at radius 3 is 2.49 bits per heavy atom. The zero-order valence-corrected chi connectivity index (χ0v) is 24.6. The third-order valence-electron chi connectivity index (χ3n) is 14.3. The lowest BCUT2D eigenvalue weighted by molar-refractivity contribution is -0.0500. The van der Waals surface area contributed by atoms with Gasteiger partial charge in [-0.1, -0.05) is 47.0 Å². The van der Waals surface area contributed by atoms with Gasteiger partial charge in [0.15, 0.2) is 11.6 Å². The minimum Gasteiger partial charge on any atom is -0.370 e. The summed E-state index contributed by atoms with van der Waals surface area (Å²) in [4.78, 5) is 12.2. The highest BCUT2D eigenvalue weighted by Crippen LogP contribution is 2.93. The molecule has 8 unspecified atom stereocenters. The van der Waals surface area contributed by atoms with E-state index >= 15 is 0 Å². The maximum Gasteiger partial charge on any atom is 0.202 e. The van der Waals surface area contributed by atoms with Crippen LogP contribution >= 0.6 is 0 Å². The number of nitrogens with one attached hydrogen (secondary N) is 1. The SMILES string of the molecule is CC(C)CCCC(C)C12CCC3C4CCC5CC6(CC[C@@]57CC47CC[C@@]31C2C)N=C(N)NC(N(C)C)=N6. The summed E-state index contributed by atoms with van der Waals surface area (Å²) in [5.74, 6) is 6.99. The monoisotopic (exact) mass is 507 g/mol. The van der Waals surface area contributed by atoms with E-state index in [1.165, 1.54) is 57.8 Å². The van der Waals surface area contributed by atoms with Crippen LogP contribution in [0.25, 0.3) is 0 Å². The number of fused-ring (bicyclic) bond motifs is 1. The van der Waals surface area contributed by atoms with Crippen molar-refractivity contribution in [1.82, 2.24) is 10.2 Å². The van der Waals surface area contributed by atoms with Gasteiger partial charge in [-0.15, -0.1) is 0 Å². The van der Waals surface area contributed by atoms with Gasteiger partial charge < -0.3 is 10.6 Å². The molecule has 0 aromatic rings. The van der Waals surface area contributed by atoms with Crippen LogP contribution in [0.2, 0.25) is 0 Å². The van der Waals surface area contributed by atoms with Crippen molar-refractivity contribution in [2.45, 2.75) is 117 Å². The molecule has 7 aliphatic rings. The van der Waals surface area contributed by atoms with Gasteiger partial charge in [0.2, 0.25) is 5.96 Å². The van der Waals surface area contributed by atoms with Gasteiger partial charge in [0.25, 0.3) is 0 Å². The van der Waals surface area contributed by atoms with E-state index in [0.29, 0.717) is 27.6 Å². The normalized spacial score (nSPS) is 51.5. The molecule has 10 atom stereocenters. The first-order valence-electron chi connectivity index (χ1n) is 16.0. The lowest BCUT2D eigenvalue weighted by atomic mass is 9.51. The van der Waals surface area contributed by atoms with Gasteiger partial charge in [0, 0.05) is 14.1 Å². The number of aliphatic imine (C=N–C) groups is 2. The fourth-order valence-electron chi connectivity index (χ4n) is 12.9. The molecule has 0 radical (unpaired) electrons. The minimum absolute atomic E-state index is 0.323. The van der Waals surface area contributed by atoms with Crippen molar-refractivity contribution < 1.29 is 0 Å². The van der Waals surface area contributed by atoms with Crippen molar-refractivity contribution in [3.8, 4) is 0 Å². The number of rotatable bonds is 5. The highest BCUT2D eigenvalue weighted by atomic mass is 15.4. The van der Waals surface area contributed by atoms with E-state index in [-0.39, 0.29) is 5.66 Å². The second kappa shape index (κ2) is 7.68. The molecule has 0 aromatic carbocycles. The quantitative estimate of drug-likeness (QED) is 0.453. The van der Waals surface area contributed by atoms with Crippen LogP contribution in [0.1, 0.15) is 111 Å². The maximum absolute atomic E-state index is 6.29. The van der Waals surface area contributed by atoms with Crippen LogP contribution < -0.4 is 11.1 Å². The molecule has 206 valence electrons. The van der Waals surface area contributed by atoms with Gasteiger partial charge in [-0.05, 0) is 121 Å². The summed E-state index contributed by atoms with van der Waals surface area (Å²) in [5.41, 5.74) is 8.60. The van der Waals surface area contributed by atoms with E-state index in [1.807, 2.05) is 14.1 Å². The molecule has 5 nitrogen and oxygen atoms in total. The first-order chi connectivity index (χ1) is 17.6. The Morgan fingerprint density at radius 1 is 0.946 bits per heavy atom. The fraction of sp³-hybridized carbons (Fsp3) is 0.938. The molecule has 6 aliphatic carbocycles. The number of hydrogen-bond acceptors (Lipinski definition) is 5. The highest BCUT2D eigenvalue weighted by Gasteiger charge is 2.87. The molecule has 0 aromatic heterocycles. The lowest BCUT2D eigenvalue weighted by Crippen LogP contribution is -2.54. The number of guanidine groups is 2. The van der Waals surface area contributed by atoms with E-state index in [1.54, 1.807) is 12.8 Å². The van der Waals surface area contributed by atoms with Gasteiger partial charge in [-0.2, -0.15) is 0 Å². The van der Waals surface area contributed by atoms with Crippen molar-refractivity contribution in [2.75, 3.05) is 14.1 Å². The highest BCUT2D eigenvalue weighted by molar-refractivity contribution is 5.99. The molecule has 3 N–H and O–H groups in total. The minimum atomic E-state index is -0.323. The zero-order valence-electron chi connectivity index (χ0n) is 24.6. The first-order valence-corrected chi connectivity index (χ1v) is 16.0. The summed E-state index contributed by atoms with van der Waals surface area (Å²) in [6.45, 7) is 10.1. The van der Waals surface area contributed by atoms with Crippen LogP contribution in [0.4, 0.5) is 0 Å². The Labute approximate surface area is 225 Å². The van der Waals surface area contributed by atoms with Crippen molar-refractivity contribution in [2.24, 2.45) is 72.9 Å². The van der Waals surface area contributed by atoms with Crippen molar-refractivity contribution in [1.29, 1.82) is 0 Å². The Kier molecular flexibility index (Phi) is 5.14. The topological polar surface area (TPSA) is 66.0 Å². The second-order valence-electron chi connectivity index (χ2n) is 15.7. The van der Waals surface area contributed by atoms with Crippen molar-refractivity contribution in [3.05, 3.63) is 0 Å². The third kappa shape index (κ3) is 2.93. The van der Waals surface area contributed by atoms with Crippen LogP contribution in [0, 0.1) is 57.2 Å². The molecular weight excluding hydrogens is 454 g/mol. The smallest absolute Gasteiger partial charge is 0.202 e. The number of nitrogens with two attached hydrogens (primary N) is 1. The number of nitrogens with zero attached hydrogens (tertiary/aromatic N) is 3. The molecular formula is C32H53N5. The zero-order chi connectivity index (χ0) is 26.0. The van der Waals surface area contributed by atoms with E-state index in [4.69, 9.17) is 15.7 Å². The van der Waals surface area contributed by atoms with Crippen LogP contribution in [-0.2, 0) is 0 Å². The van der Waals surface area contributed by atoms with Gasteiger partial charge in [0.1, 0.15) is 0 Å². The van der Waals surface area contributed by atoms with Gasteiger partial charge >= 0.3 is 0 Å². The largest absolute Gasteiger partial charge is 0.370 e. The Morgan fingerprint density at radius 2 is 1.73 bits per heavy atom. The van der Waals surface area contributed by atoms with Crippen LogP contribution in [0.15, 0.2) is 9.98 Å². The Bertz CT molecular complexity index is 1030. The third-order valence-corrected chi connectivity index (χ3v) is 14.3. The molecule has 6 fully saturated rings. The average molecular weight is 508 g/mol. The predicted molar refractivity (Wildman–Crippen MR) is 152 cm³/mol. The van der Waals surface area contributed by atoms with Crippen LogP contribution in [0.5, 0.6) is 0 Å².